The zero-order valence-corrected chi connectivity index (χ0v) is 10.0. The van der Waals surface area contributed by atoms with Crippen LogP contribution in [0.4, 0.5) is 5.69 Å². The van der Waals surface area contributed by atoms with Crippen LogP contribution in [0, 0.1) is 0 Å². The Labute approximate surface area is 98.0 Å². The molecule has 16 heavy (non-hydrogen) atoms. The number of rotatable bonds is 5. The summed E-state index contributed by atoms with van der Waals surface area (Å²) >= 11 is 0. The fraction of sp³-hybridized carbons (Fsp3) is 0.571. The van der Waals surface area contributed by atoms with Gasteiger partial charge in [-0.15, -0.1) is 0 Å². The number of hydrogen-bond donors (Lipinski definition) is 1. The van der Waals surface area contributed by atoms with E-state index in [1.807, 2.05) is 12.1 Å². The van der Waals surface area contributed by atoms with Crippen molar-refractivity contribution in [1.82, 2.24) is 0 Å². The first kappa shape index (κ1) is 11.3. The Kier molecular flexibility index (Phi) is 4.09. The van der Waals surface area contributed by atoms with Crippen LogP contribution >= 0.6 is 0 Å². The summed E-state index contributed by atoms with van der Waals surface area (Å²) < 4.78 is 5.73. The van der Waals surface area contributed by atoms with Crippen molar-refractivity contribution in [2.75, 3.05) is 11.9 Å². The lowest BCUT2D eigenvalue weighted by atomic mass is 10.2. The van der Waals surface area contributed by atoms with Crippen molar-refractivity contribution in [3.8, 4) is 5.75 Å². The summed E-state index contributed by atoms with van der Waals surface area (Å²) in [6, 6.07) is 8.91. The van der Waals surface area contributed by atoms with E-state index in [1.165, 1.54) is 25.7 Å². The minimum Gasteiger partial charge on any atom is -0.491 e. The molecule has 0 aromatic heterocycles. The fourth-order valence-corrected chi connectivity index (χ4v) is 2.21. The molecule has 1 aliphatic rings. The van der Waals surface area contributed by atoms with Crippen LogP contribution in [0.3, 0.4) is 0 Å². The summed E-state index contributed by atoms with van der Waals surface area (Å²) in [5.41, 5.74) is 1.16. The predicted octanol–water partition coefficient (Wildman–Crippen LogP) is 3.83. The van der Waals surface area contributed by atoms with E-state index in [0.29, 0.717) is 6.04 Å². The van der Waals surface area contributed by atoms with Gasteiger partial charge in [0.2, 0.25) is 0 Å². The maximum Gasteiger partial charge on any atom is 0.142 e. The van der Waals surface area contributed by atoms with Gasteiger partial charge < -0.3 is 10.1 Å². The SMILES string of the molecule is CCCOc1ccccc1NC1CCCC1. The summed E-state index contributed by atoms with van der Waals surface area (Å²) in [7, 11) is 0. The molecule has 2 heteroatoms. The zero-order valence-electron chi connectivity index (χ0n) is 10.0. The van der Waals surface area contributed by atoms with Crippen LogP contribution in [-0.4, -0.2) is 12.6 Å². The van der Waals surface area contributed by atoms with Crippen LogP contribution in [0.5, 0.6) is 5.75 Å². The van der Waals surface area contributed by atoms with E-state index < -0.39 is 0 Å². The highest BCUT2D eigenvalue weighted by molar-refractivity contribution is 5.56. The minimum atomic E-state index is 0.645. The van der Waals surface area contributed by atoms with E-state index in [-0.39, 0.29) is 0 Å². The second kappa shape index (κ2) is 5.78. The first-order valence-corrected chi connectivity index (χ1v) is 6.38. The molecule has 2 rings (SSSR count). The van der Waals surface area contributed by atoms with Gasteiger partial charge in [0.05, 0.1) is 12.3 Å². The van der Waals surface area contributed by atoms with Crippen molar-refractivity contribution in [1.29, 1.82) is 0 Å². The van der Waals surface area contributed by atoms with Crippen molar-refractivity contribution < 1.29 is 4.74 Å². The molecule has 1 fully saturated rings. The third-order valence-corrected chi connectivity index (χ3v) is 3.06. The average molecular weight is 219 g/mol. The number of benzene rings is 1. The maximum atomic E-state index is 5.73. The normalized spacial score (nSPS) is 16.3. The lowest BCUT2D eigenvalue weighted by Gasteiger charge is -2.17. The minimum absolute atomic E-state index is 0.645. The Morgan fingerprint density at radius 1 is 1.25 bits per heavy atom. The first-order valence-electron chi connectivity index (χ1n) is 6.38. The molecule has 1 saturated carbocycles. The van der Waals surface area contributed by atoms with Crippen molar-refractivity contribution in [3.63, 3.8) is 0 Å². The molecule has 1 N–H and O–H groups in total. The van der Waals surface area contributed by atoms with Crippen LogP contribution in [0.25, 0.3) is 0 Å². The lowest BCUT2D eigenvalue weighted by Crippen LogP contribution is -2.15. The van der Waals surface area contributed by atoms with Gasteiger partial charge in [-0.2, -0.15) is 0 Å². The number of ether oxygens (including phenoxy) is 1. The van der Waals surface area contributed by atoms with Crippen molar-refractivity contribution in [3.05, 3.63) is 24.3 Å². The van der Waals surface area contributed by atoms with Crippen LogP contribution in [0.1, 0.15) is 39.0 Å². The van der Waals surface area contributed by atoms with E-state index in [9.17, 15) is 0 Å². The molecule has 0 spiro atoms. The Morgan fingerprint density at radius 3 is 2.75 bits per heavy atom. The van der Waals surface area contributed by atoms with E-state index >= 15 is 0 Å². The Bertz CT molecular complexity index is 318. The topological polar surface area (TPSA) is 21.3 Å². The summed E-state index contributed by atoms with van der Waals surface area (Å²) in [6.07, 6.45) is 6.35. The van der Waals surface area contributed by atoms with E-state index in [0.717, 1.165) is 24.5 Å². The van der Waals surface area contributed by atoms with E-state index in [4.69, 9.17) is 4.74 Å². The van der Waals surface area contributed by atoms with Crippen LogP contribution in [0.15, 0.2) is 24.3 Å². The number of nitrogens with one attached hydrogen (secondary N) is 1. The maximum absolute atomic E-state index is 5.73. The summed E-state index contributed by atoms with van der Waals surface area (Å²) in [6.45, 7) is 2.93. The molecule has 1 aromatic rings. The molecule has 0 radical (unpaired) electrons. The quantitative estimate of drug-likeness (QED) is 0.812. The number of anilines is 1. The molecular weight excluding hydrogens is 198 g/mol. The summed E-state index contributed by atoms with van der Waals surface area (Å²) in [5.74, 6) is 0.997. The average Bonchev–Trinajstić information content (AvgIpc) is 2.81. The van der Waals surface area contributed by atoms with Gasteiger partial charge >= 0.3 is 0 Å². The van der Waals surface area contributed by atoms with Gasteiger partial charge in [0.15, 0.2) is 0 Å². The first-order chi connectivity index (χ1) is 7.90. The Morgan fingerprint density at radius 2 is 2.00 bits per heavy atom. The molecule has 0 aliphatic heterocycles. The second-order valence-electron chi connectivity index (χ2n) is 4.47. The zero-order chi connectivity index (χ0) is 11.2. The van der Waals surface area contributed by atoms with Gasteiger partial charge in [0.25, 0.3) is 0 Å². The van der Waals surface area contributed by atoms with Crippen LogP contribution in [-0.2, 0) is 0 Å². The second-order valence-corrected chi connectivity index (χ2v) is 4.47. The molecule has 0 heterocycles. The van der Waals surface area contributed by atoms with Crippen molar-refractivity contribution in [2.45, 2.75) is 45.1 Å². The number of para-hydroxylation sites is 2. The molecule has 0 amide bonds. The van der Waals surface area contributed by atoms with Crippen molar-refractivity contribution >= 4 is 5.69 Å². The monoisotopic (exact) mass is 219 g/mol. The highest BCUT2D eigenvalue weighted by Gasteiger charge is 2.15. The van der Waals surface area contributed by atoms with Gasteiger partial charge in [-0.25, -0.2) is 0 Å². The molecule has 0 atom stereocenters. The fourth-order valence-electron chi connectivity index (χ4n) is 2.21. The largest absolute Gasteiger partial charge is 0.491 e. The van der Waals surface area contributed by atoms with Gasteiger partial charge in [0, 0.05) is 6.04 Å². The molecule has 0 saturated heterocycles. The summed E-state index contributed by atoms with van der Waals surface area (Å²) in [5, 5.41) is 3.59. The van der Waals surface area contributed by atoms with E-state index in [2.05, 4.69) is 24.4 Å². The van der Waals surface area contributed by atoms with E-state index in [1.54, 1.807) is 0 Å². The molecule has 88 valence electrons. The van der Waals surface area contributed by atoms with Gasteiger partial charge in [-0.05, 0) is 31.4 Å². The van der Waals surface area contributed by atoms with Crippen LogP contribution < -0.4 is 10.1 Å². The summed E-state index contributed by atoms with van der Waals surface area (Å²) in [4.78, 5) is 0. The third kappa shape index (κ3) is 2.91. The van der Waals surface area contributed by atoms with Gasteiger partial charge in [0.1, 0.15) is 5.75 Å². The number of hydrogen-bond acceptors (Lipinski definition) is 2. The van der Waals surface area contributed by atoms with Crippen LogP contribution in [0.2, 0.25) is 0 Å². The highest BCUT2D eigenvalue weighted by Crippen LogP contribution is 2.28. The van der Waals surface area contributed by atoms with Crippen molar-refractivity contribution in [2.24, 2.45) is 0 Å². The molecule has 1 aliphatic carbocycles. The predicted molar refractivity (Wildman–Crippen MR) is 68.1 cm³/mol. The smallest absolute Gasteiger partial charge is 0.142 e. The Balaban J connectivity index is 2.00. The molecule has 2 nitrogen and oxygen atoms in total. The lowest BCUT2D eigenvalue weighted by molar-refractivity contribution is 0.318. The molecule has 0 bridgehead atoms. The Hall–Kier alpha value is -1.18. The molecule has 0 unspecified atom stereocenters. The highest BCUT2D eigenvalue weighted by atomic mass is 16.5. The standard InChI is InChI=1S/C14H21NO/c1-2-11-16-14-10-6-5-9-13(14)15-12-7-3-4-8-12/h5-6,9-10,12,15H,2-4,7-8,11H2,1H3. The van der Waals surface area contributed by atoms with Gasteiger partial charge in [-0.1, -0.05) is 31.9 Å². The molecule has 1 aromatic carbocycles. The molecular formula is C14H21NO. The van der Waals surface area contributed by atoms with Gasteiger partial charge in [-0.3, -0.25) is 0 Å². The third-order valence-electron chi connectivity index (χ3n) is 3.06.